The van der Waals surface area contributed by atoms with Crippen LogP contribution in [0, 0.1) is 0 Å². The van der Waals surface area contributed by atoms with Gasteiger partial charge >= 0.3 is 0 Å². The Morgan fingerprint density at radius 1 is 1.67 bits per heavy atom. The van der Waals surface area contributed by atoms with E-state index in [0.717, 1.165) is 13.1 Å². The first kappa shape index (κ1) is 4.99. The van der Waals surface area contributed by atoms with Crippen LogP contribution < -0.4 is 0 Å². The molecular weight excluding hydrogens is 114 g/mol. The van der Waals surface area contributed by atoms with Gasteiger partial charge in [0.15, 0.2) is 0 Å². The van der Waals surface area contributed by atoms with Crippen LogP contribution in [-0.2, 0) is 13.1 Å². The molecule has 0 saturated carbocycles. The van der Waals surface area contributed by atoms with E-state index in [1.165, 1.54) is 11.4 Å². The molecule has 0 radical (unpaired) electrons. The molecule has 1 aliphatic rings. The van der Waals surface area contributed by atoms with Crippen LogP contribution in [-0.4, -0.2) is 21.9 Å². The maximum Gasteiger partial charge on any atom is 0.0926 e. The molecule has 9 heavy (non-hydrogen) atoms. The fourth-order valence-corrected chi connectivity index (χ4v) is 1.20. The molecular formula is C6H9N3. The van der Waals surface area contributed by atoms with E-state index in [4.69, 9.17) is 0 Å². The van der Waals surface area contributed by atoms with Crippen molar-refractivity contribution in [2.45, 2.75) is 13.1 Å². The van der Waals surface area contributed by atoms with Crippen molar-refractivity contribution in [1.82, 2.24) is 14.9 Å². The molecule has 0 bridgehead atoms. The van der Waals surface area contributed by atoms with Gasteiger partial charge in [0.2, 0.25) is 0 Å². The van der Waals surface area contributed by atoms with Crippen LogP contribution in [0.2, 0.25) is 0 Å². The summed E-state index contributed by atoms with van der Waals surface area (Å²) in [4.78, 5) is 9.48. The van der Waals surface area contributed by atoms with E-state index in [1.807, 2.05) is 0 Å². The van der Waals surface area contributed by atoms with Gasteiger partial charge in [0.05, 0.1) is 17.7 Å². The first-order chi connectivity index (χ1) is 4.36. The van der Waals surface area contributed by atoms with E-state index < -0.39 is 0 Å². The first-order valence-electron chi connectivity index (χ1n) is 3.06. The Hall–Kier alpha value is -0.830. The van der Waals surface area contributed by atoms with Crippen LogP contribution in [0.5, 0.6) is 0 Å². The lowest BCUT2D eigenvalue weighted by Crippen LogP contribution is -2.08. The van der Waals surface area contributed by atoms with Gasteiger partial charge in [-0.3, -0.25) is 4.90 Å². The molecule has 3 nitrogen and oxygen atoms in total. The Bertz CT molecular complexity index is 195. The second-order valence-corrected chi connectivity index (χ2v) is 2.50. The van der Waals surface area contributed by atoms with Crippen LogP contribution in [0.1, 0.15) is 11.4 Å². The second-order valence-electron chi connectivity index (χ2n) is 2.50. The van der Waals surface area contributed by atoms with Crippen LogP contribution in [0.4, 0.5) is 0 Å². The number of aromatic amines is 1. The van der Waals surface area contributed by atoms with Gasteiger partial charge in [0, 0.05) is 13.1 Å². The van der Waals surface area contributed by atoms with Gasteiger partial charge in [-0.1, -0.05) is 0 Å². The minimum atomic E-state index is 0.999. The molecule has 0 aliphatic carbocycles. The molecule has 1 N–H and O–H groups in total. The summed E-state index contributed by atoms with van der Waals surface area (Å²) < 4.78 is 0. The summed E-state index contributed by atoms with van der Waals surface area (Å²) in [7, 11) is 2.09. The molecule has 1 aromatic heterocycles. The number of imidazole rings is 1. The molecule has 0 aromatic carbocycles. The summed E-state index contributed by atoms with van der Waals surface area (Å²) in [5.41, 5.74) is 2.48. The van der Waals surface area contributed by atoms with Gasteiger partial charge in [-0.15, -0.1) is 0 Å². The summed E-state index contributed by atoms with van der Waals surface area (Å²) in [6.45, 7) is 2.02. The topological polar surface area (TPSA) is 31.9 Å². The van der Waals surface area contributed by atoms with Crippen molar-refractivity contribution >= 4 is 0 Å². The molecule has 2 heterocycles. The van der Waals surface area contributed by atoms with E-state index in [9.17, 15) is 0 Å². The highest BCUT2D eigenvalue weighted by Gasteiger charge is 2.16. The lowest BCUT2D eigenvalue weighted by atomic mass is 10.4. The molecule has 2 rings (SSSR count). The van der Waals surface area contributed by atoms with Crippen LogP contribution in [0.3, 0.4) is 0 Å². The summed E-state index contributed by atoms with van der Waals surface area (Å²) in [5, 5.41) is 0. The SMILES string of the molecule is CN1Cc2nc[nH]c2C1. The Morgan fingerprint density at radius 3 is 3.33 bits per heavy atom. The highest BCUT2D eigenvalue weighted by atomic mass is 15.2. The Balaban J connectivity index is 2.39. The predicted octanol–water partition coefficient (Wildman–Crippen LogP) is 0.355. The zero-order valence-electron chi connectivity index (χ0n) is 5.39. The van der Waals surface area contributed by atoms with Gasteiger partial charge < -0.3 is 4.98 Å². The normalized spacial score (nSPS) is 18.3. The standard InChI is InChI=1S/C6H9N3/c1-9-2-5-6(3-9)8-4-7-5/h4H,2-3H2,1H3,(H,7,8). The lowest BCUT2D eigenvalue weighted by Gasteiger charge is -2.02. The largest absolute Gasteiger partial charge is 0.347 e. The molecule has 48 valence electrons. The monoisotopic (exact) mass is 123 g/mol. The van der Waals surface area contributed by atoms with Crippen molar-refractivity contribution in [3.63, 3.8) is 0 Å². The maximum atomic E-state index is 4.15. The predicted molar refractivity (Wildman–Crippen MR) is 33.8 cm³/mol. The smallest absolute Gasteiger partial charge is 0.0926 e. The molecule has 0 atom stereocenters. The Morgan fingerprint density at radius 2 is 2.56 bits per heavy atom. The molecule has 3 heteroatoms. The highest BCUT2D eigenvalue weighted by Crippen LogP contribution is 2.15. The van der Waals surface area contributed by atoms with E-state index in [0.29, 0.717) is 0 Å². The van der Waals surface area contributed by atoms with Crippen LogP contribution in [0.25, 0.3) is 0 Å². The highest BCUT2D eigenvalue weighted by molar-refractivity contribution is 5.14. The van der Waals surface area contributed by atoms with Crippen LogP contribution in [0.15, 0.2) is 6.33 Å². The molecule has 0 amide bonds. The van der Waals surface area contributed by atoms with Gasteiger partial charge in [-0.25, -0.2) is 4.98 Å². The number of aromatic nitrogens is 2. The van der Waals surface area contributed by atoms with E-state index in [1.54, 1.807) is 6.33 Å². The number of rotatable bonds is 0. The van der Waals surface area contributed by atoms with Gasteiger partial charge in [0.25, 0.3) is 0 Å². The van der Waals surface area contributed by atoms with Crippen molar-refractivity contribution in [3.8, 4) is 0 Å². The third kappa shape index (κ3) is 0.650. The number of H-pyrrole nitrogens is 1. The summed E-state index contributed by atoms with van der Waals surface area (Å²) in [6.07, 6.45) is 1.76. The Labute approximate surface area is 53.7 Å². The lowest BCUT2D eigenvalue weighted by molar-refractivity contribution is 0.347. The maximum absolute atomic E-state index is 4.15. The van der Waals surface area contributed by atoms with Gasteiger partial charge in [0.1, 0.15) is 0 Å². The average molecular weight is 123 g/mol. The van der Waals surface area contributed by atoms with Crippen molar-refractivity contribution < 1.29 is 0 Å². The summed E-state index contributed by atoms with van der Waals surface area (Å²) in [6, 6.07) is 0. The number of hydrogen-bond acceptors (Lipinski definition) is 2. The number of fused-ring (bicyclic) bond motifs is 1. The summed E-state index contributed by atoms with van der Waals surface area (Å²) in [5.74, 6) is 0. The van der Waals surface area contributed by atoms with Crippen molar-refractivity contribution in [2.75, 3.05) is 7.05 Å². The summed E-state index contributed by atoms with van der Waals surface area (Å²) >= 11 is 0. The van der Waals surface area contributed by atoms with Crippen molar-refractivity contribution in [3.05, 3.63) is 17.7 Å². The number of nitrogens with zero attached hydrogens (tertiary/aromatic N) is 2. The fourth-order valence-electron chi connectivity index (χ4n) is 1.20. The van der Waals surface area contributed by atoms with Gasteiger partial charge in [-0.05, 0) is 7.05 Å². The molecule has 0 unspecified atom stereocenters. The molecule has 0 spiro atoms. The van der Waals surface area contributed by atoms with Crippen molar-refractivity contribution in [2.24, 2.45) is 0 Å². The van der Waals surface area contributed by atoms with Crippen LogP contribution >= 0.6 is 0 Å². The van der Waals surface area contributed by atoms with E-state index in [-0.39, 0.29) is 0 Å². The second kappa shape index (κ2) is 1.57. The third-order valence-corrected chi connectivity index (χ3v) is 1.66. The molecule has 1 aliphatic heterocycles. The molecule has 0 saturated heterocycles. The number of hydrogen-bond donors (Lipinski definition) is 1. The van der Waals surface area contributed by atoms with E-state index >= 15 is 0 Å². The minimum Gasteiger partial charge on any atom is -0.347 e. The first-order valence-corrected chi connectivity index (χ1v) is 3.06. The third-order valence-electron chi connectivity index (χ3n) is 1.66. The molecule has 0 fully saturated rings. The Kier molecular flexibility index (Phi) is 0.873. The van der Waals surface area contributed by atoms with E-state index in [2.05, 4.69) is 21.9 Å². The zero-order chi connectivity index (χ0) is 6.27. The average Bonchev–Trinajstić information content (AvgIpc) is 2.22. The minimum absolute atomic E-state index is 0.999. The quantitative estimate of drug-likeness (QED) is 0.540. The zero-order valence-corrected chi connectivity index (χ0v) is 5.39. The van der Waals surface area contributed by atoms with Crippen molar-refractivity contribution in [1.29, 1.82) is 0 Å². The van der Waals surface area contributed by atoms with Gasteiger partial charge in [-0.2, -0.15) is 0 Å². The molecule has 1 aromatic rings. The fraction of sp³-hybridized carbons (Fsp3) is 0.500. The number of nitrogens with one attached hydrogen (secondary N) is 1.